The van der Waals surface area contributed by atoms with Gasteiger partial charge in [-0.05, 0) is 18.8 Å². The van der Waals surface area contributed by atoms with Crippen molar-refractivity contribution in [2.45, 2.75) is 44.8 Å². The second-order valence-electron chi connectivity index (χ2n) is 3.55. The van der Waals surface area contributed by atoms with E-state index in [2.05, 4.69) is 4.74 Å². The molecule has 3 atom stereocenters. The molecule has 0 heterocycles. The van der Waals surface area contributed by atoms with Gasteiger partial charge in [-0.25, -0.2) is 0 Å². The van der Waals surface area contributed by atoms with Gasteiger partial charge in [0.2, 0.25) is 0 Å². The standard InChI is InChI=1S/C9H15F3O2/c1-3-6-4-5-7(13-2)8(6)14-9(10,11)12/h6-8H,3-5H2,1-2H3. The Bertz CT molecular complexity index is 169. The molecule has 84 valence electrons. The number of ether oxygens (including phenoxy) is 2. The van der Waals surface area contributed by atoms with Crippen LogP contribution >= 0.6 is 0 Å². The highest BCUT2D eigenvalue weighted by atomic mass is 19.4. The molecule has 0 saturated heterocycles. The molecule has 5 heteroatoms. The van der Waals surface area contributed by atoms with Gasteiger partial charge >= 0.3 is 6.36 Å². The van der Waals surface area contributed by atoms with Crippen molar-refractivity contribution in [2.24, 2.45) is 5.92 Å². The van der Waals surface area contributed by atoms with Gasteiger partial charge in [0.05, 0.1) is 12.2 Å². The second kappa shape index (κ2) is 4.49. The highest BCUT2D eigenvalue weighted by Gasteiger charge is 2.43. The largest absolute Gasteiger partial charge is 0.522 e. The molecule has 0 spiro atoms. The average molecular weight is 212 g/mol. The fourth-order valence-electron chi connectivity index (χ4n) is 2.03. The first kappa shape index (κ1) is 11.8. The van der Waals surface area contributed by atoms with Crippen LogP contribution < -0.4 is 0 Å². The van der Waals surface area contributed by atoms with Gasteiger partial charge in [-0.3, -0.25) is 4.74 Å². The Morgan fingerprint density at radius 3 is 2.36 bits per heavy atom. The number of halogens is 3. The molecule has 0 bridgehead atoms. The highest BCUT2D eigenvalue weighted by Crippen LogP contribution is 2.36. The molecule has 1 rings (SSSR count). The number of rotatable bonds is 3. The van der Waals surface area contributed by atoms with Crippen molar-refractivity contribution in [3.05, 3.63) is 0 Å². The van der Waals surface area contributed by atoms with Gasteiger partial charge in [0.25, 0.3) is 0 Å². The van der Waals surface area contributed by atoms with E-state index in [1.807, 2.05) is 6.92 Å². The predicted molar refractivity (Wildman–Crippen MR) is 44.7 cm³/mol. The molecule has 0 N–H and O–H groups in total. The Balaban J connectivity index is 2.60. The van der Waals surface area contributed by atoms with Crippen LogP contribution in [0.5, 0.6) is 0 Å². The first-order chi connectivity index (χ1) is 6.48. The van der Waals surface area contributed by atoms with Crippen molar-refractivity contribution in [1.29, 1.82) is 0 Å². The molecule has 3 unspecified atom stereocenters. The van der Waals surface area contributed by atoms with Crippen LogP contribution in [0.15, 0.2) is 0 Å². The zero-order valence-electron chi connectivity index (χ0n) is 8.30. The van der Waals surface area contributed by atoms with Gasteiger partial charge < -0.3 is 4.74 Å². The van der Waals surface area contributed by atoms with Crippen LogP contribution in [0.1, 0.15) is 26.2 Å². The maximum Gasteiger partial charge on any atom is 0.522 e. The Morgan fingerprint density at radius 1 is 1.29 bits per heavy atom. The summed E-state index contributed by atoms with van der Waals surface area (Å²) in [6.45, 7) is 1.87. The van der Waals surface area contributed by atoms with Crippen LogP contribution in [0.2, 0.25) is 0 Å². The Labute approximate surface area is 81.4 Å². The summed E-state index contributed by atoms with van der Waals surface area (Å²) < 4.78 is 45.2. The normalized spacial score (nSPS) is 33.6. The zero-order valence-corrected chi connectivity index (χ0v) is 8.30. The van der Waals surface area contributed by atoms with E-state index >= 15 is 0 Å². The van der Waals surface area contributed by atoms with E-state index in [4.69, 9.17) is 4.74 Å². The molecular weight excluding hydrogens is 197 g/mol. The number of methoxy groups -OCH3 is 1. The summed E-state index contributed by atoms with van der Waals surface area (Å²) in [6.07, 6.45) is -3.71. The third kappa shape index (κ3) is 2.85. The summed E-state index contributed by atoms with van der Waals surface area (Å²) in [5.74, 6) is -0.0402. The van der Waals surface area contributed by atoms with Crippen LogP contribution in [0.25, 0.3) is 0 Å². The topological polar surface area (TPSA) is 18.5 Å². The molecule has 14 heavy (non-hydrogen) atoms. The smallest absolute Gasteiger partial charge is 0.379 e. The average Bonchev–Trinajstić information content (AvgIpc) is 2.44. The van der Waals surface area contributed by atoms with E-state index in [1.165, 1.54) is 7.11 Å². The van der Waals surface area contributed by atoms with E-state index in [-0.39, 0.29) is 5.92 Å². The summed E-state index contributed by atoms with van der Waals surface area (Å²) in [5.41, 5.74) is 0. The molecule has 1 saturated carbocycles. The molecule has 0 aromatic heterocycles. The molecule has 0 aromatic carbocycles. The van der Waals surface area contributed by atoms with Crippen molar-refractivity contribution >= 4 is 0 Å². The van der Waals surface area contributed by atoms with Crippen LogP contribution in [0.3, 0.4) is 0 Å². The monoisotopic (exact) mass is 212 g/mol. The lowest BCUT2D eigenvalue weighted by Crippen LogP contribution is -2.35. The van der Waals surface area contributed by atoms with Gasteiger partial charge in [0.15, 0.2) is 0 Å². The van der Waals surface area contributed by atoms with Crippen molar-refractivity contribution in [2.75, 3.05) is 7.11 Å². The van der Waals surface area contributed by atoms with Crippen LogP contribution in [0.4, 0.5) is 13.2 Å². The summed E-state index contributed by atoms with van der Waals surface area (Å²) in [6, 6.07) is 0. The molecule has 1 aliphatic rings. The maximum atomic E-state index is 12.0. The lowest BCUT2D eigenvalue weighted by atomic mass is 10.0. The van der Waals surface area contributed by atoms with Crippen LogP contribution in [-0.2, 0) is 9.47 Å². The minimum absolute atomic E-state index is 0.0402. The fourth-order valence-corrected chi connectivity index (χ4v) is 2.03. The first-order valence-electron chi connectivity index (χ1n) is 4.75. The van der Waals surface area contributed by atoms with Crippen molar-refractivity contribution in [3.8, 4) is 0 Å². The van der Waals surface area contributed by atoms with Gasteiger partial charge in [-0.1, -0.05) is 13.3 Å². The second-order valence-corrected chi connectivity index (χ2v) is 3.55. The van der Waals surface area contributed by atoms with Gasteiger partial charge in [-0.2, -0.15) is 0 Å². The molecule has 1 fully saturated rings. The summed E-state index contributed by atoms with van der Waals surface area (Å²) in [5, 5.41) is 0. The van der Waals surface area contributed by atoms with Crippen molar-refractivity contribution in [3.63, 3.8) is 0 Å². The molecular formula is C9H15F3O2. The van der Waals surface area contributed by atoms with Gasteiger partial charge in [0.1, 0.15) is 0 Å². The summed E-state index contributed by atoms with van der Waals surface area (Å²) in [7, 11) is 1.43. The predicted octanol–water partition coefficient (Wildman–Crippen LogP) is 2.73. The van der Waals surface area contributed by atoms with E-state index in [1.54, 1.807) is 0 Å². The number of hydrogen-bond acceptors (Lipinski definition) is 2. The SMILES string of the molecule is CCC1CCC(OC)C1OC(F)(F)F. The lowest BCUT2D eigenvalue weighted by molar-refractivity contribution is -0.354. The Morgan fingerprint density at radius 2 is 1.93 bits per heavy atom. The molecule has 0 amide bonds. The Kier molecular flexibility index (Phi) is 3.78. The van der Waals surface area contributed by atoms with E-state index < -0.39 is 18.6 Å². The van der Waals surface area contributed by atoms with Gasteiger partial charge in [0, 0.05) is 7.11 Å². The van der Waals surface area contributed by atoms with E-state index in [9.17, 15) is 13.2 Å². The molecule has 0 radical (unpaired) electrons. The van der Waals surface area contributed by atoms with Crippen LogP contribution in [-0.4, -0.2) is 25.7 Å². The summed E-state index contributed by atoms with van der Waals surface area (Å²) >= 11 is 0. The minimum atomic E-state index is -4.56. The minimum Gasteiger partial charge on any atom is -0.379 e. The third-order valence-electron chi connectivity index (χ3n) is 2.75. The number of alkyl halides is 3. The Hall–Kier alpha value is -0.290. The fraction of sp³-hybridized carbons (Fsp3) is 1.00. The molecule has 2 nitrogen and oxygen atoms in total. The molecule has 0 aliphatic heterocycles. The zero-order chi connectivity index (χ0) is 10.8. The highest BCUT2D eigenvalue weighted by molar-refractivity contribution is 4.86. The summed E-state index contributed by atoms with van der Waals surface area (Å²) in [4.78, 5) is 0. The van der Waals surface area contributed by atoms with Gasteiger partial charge in [-0.15, -0.1) is 13.2 Å². The van der Waals surface area contributed by atoms with Crippen LogP contribution in [0, 0.1) is 5.92 Å². The van der Waals surface area contributed by atoms with E-state index in [0.29, 0.717) is 12.8 Å². The first-order valence-corrected chi connectivity index (χ1v) is 4.75. The third-order valence-corrected chi connectivity index (χ3v) is 2.75. The quantitative estimate of drug-likeness (QED) is 0.716. The van der Waals surface area contributed by atoms with E-state index in [0.717, 1.165) is 6.42 Å². The van der Waals surface area contributed by atoms with Crippen molar-refractivity contribution in [1.82, 2.24) is 0 Å². The van der Waals surface area contributed by atoms with Crippen molar-refractivity contribution < 1.29 is 22.6 Å². The maximum absolute atomic E-state index is 12.0. The molecule has 0 aromatic rings. The molecule has 1 aliphatic carbocycles. The lowest BCUT2D eigenvalue weighted by Gasteiger charge is -2.24. The number of hydrogen-bond donors (Lipinski definition) is 0.